The molecule has 4 N–H and O–H groups in total. The fraction of sp³-hybridized carbons (Fsp3) is 0.0714. The average Bonchev–Trinajstić information content (AvgIpc) is 2.48. The fourth-order valence-electron chi connectivity index (χ4n) is 2.09. The van der Waals surface area contributed by atoms with Gasteiger partial charge in [0, 0.05) is 17.1 Å². The van der Waals surface area contributed by atoms with Gasteiger partial charge in [-0.05, 0) is 29.7 Å². The smallest absolute Gasteiger partial charge is 0.155 e. The van der Waals surface area contributed by atoms with Crippen LogP contribution in [0.1, 0.15) is 0 Å². The van der Waals surface area contributed by atoms with Gasteiger partial charge in [-0.2, -0.15) is 0 Å². The Morgan fingerprint density at radius 1 is 1.05 bits per heavy atom. The van der Waals surface area contributed by atoms with E-state index in [0.717, 1.165) is 16.5 Å². The number of nitrogen functional groups attached to an aromatic ring is 2. The van der Waals surface area contributed by atoms with Crippen molar-refractivity contribution in [1.82, 2.24) is 15.2 Å². The van der Waals surface area contributed by atoms with Crippen LogP contribution in [-0.4, -0.2) is 22.3 Å². The lowest BCUT2D eigenvalue weighted by Gasteiger charge is -2.09. The minimum atomic E-state index is 0.294. The largest absolute Gasteiger partial charge is 0.497 e. The van der Waals surface area contributed by atoms with Crippen molar-refractivity contribution in [3.8, 4) is 17.0 Å². The van der Waals surface area contributed by atoms with Crippen molar-refractivity contribution in [3.05, 3.63) is 36.5 Å². The van der Waals surface area contributed by atoms with E-state index < -0.39 is 0 Å². The zero-order valence-electron chi connectivity index (χ0n) is 10.9. The molecule has 3 rings (SSSR count). The maximum Gasteiger partial charge on any atom is 0.155 e. The second kappa shape index (κ2) is 4.65. The first-order valence-corrected chi connectivity index (χ1v) is 6.01. The molecule has 6 nitrogen and oxygen atoms in total. The molecule has 0 aliphatic rings. The van der Waals surface area contributed by atoms with Gasteiger partial charge in [0.15, 0.2) is 5.82 Å². The molecule has 0 atom stereocenters. The van der Waals surface area contributed by atoms with Crippen molar-refractivity contribution in [1.29, 1.82) is 0 Å². The molecule has 2 heterocycles. The van der Waals surface area contributed by atoms with Gasteiger partial charge in [0.1, 0.15) is 11.6 Å². The zero-order chi connectivity index (χ0) is 14.1. The minimum absolute atomic E-state index is 0.294. The number of fused-ring (bicyclic) bond motifs is 1. The van der Waals surface area contributed by atoms with Gasteiger partial charge in [-0.1, -0.05) is 6.07 Å². The number of rotatable bonds is 2. The van der Waals surface area contributed by atoms with Crippen LogP contribution in [0.4, 0.5) is 11.6 Å². The van der Waals surface area contributed by atoms with Gasteiger partial charge in [-0.3, -0.25) is 4.98 Å². The van der Waals surface area contributed by atoms with Gasteiger partial charge >= 0.3 is 0 Å². The van der Waals surface area contributed by atoms with Crippen LogP contribution >= 0.6 is 0 Å². The van der Waals surface area contributed by atoms with E-state index in [4.69, 9.17) is 16.2 Å². The Hall–Kier alpha value is -2.89. The molecule has 6 heteroatoms. The van der Waals surface area contributed by atoms with Gasteiger partial charge in [0.25, 0.3) is 0 Å². The van der Waals surface area contributed by atoms with E-state index in [1.807, 2.05) is 24.3 Å². The Morgan fingerprint density at radius 3 is 2.70 bits per heavy atom. The topological polar surface area (TPSA) is 99.9 Å². The molecule has 0 aliphatic carbocycles. The molecule has 1 aromatic carbocycles. The number of benzene rings is 1. The van der Waals surface area contributed by atoms with Crippen molar-refractivity contribution in [3.63, 3.8) is 0 Å². The van der Waals surface area contributed by atoms with Gasteiger partial charge < -0.3 is 16.2 Å². The summed E-state index contributed by atoms with van der Waals surface area (Å²) in [5, 5.41) is 9.52. The molecule has 0 saturated heterocycles. The maximum atomic E-state index is 5.88. The first-order valence-electron chi connectivity index (χ1n) is 6.01. The van der Waals surface area contributed by atoms with E-state index in [2.05, 4.69) is 15.2 Å². The SMILES string of the molecule is COc1ccc2ccnc(-c3cc(N)nnc3N)c2c1. The Kier molecular flexibility index (Phi) is 2.83. The van der Waals surface area contributed by atoms with E-state index >= 15 is 0 Å². The van der Waals surface area contributed by atoms with Gasteiger partial charge in [0.2, 0.25) is 0 Å². The van der Waals surface area contributed by atoms with Gasteiger partial charge in [-0.25, -0.2) is 0 Å². The quantitative estimate of drug-likeness (QED) is 0.735. The lowest BCUT2D eigenvalue weighted by Crippen LogP contribution is -2.01. The third-order valence-corrected chi connectivity index (χ3v) is 3.07. The van der Waals surface area contributed by atoms with Crippen LogP contribution in [0.5, 0.6) is 5.75 Å². The number of pyridine rings is 1. The Balaban J connectivity index is 2.32. The molecular formula is C14H13N5O. The van der Waals surface area contributed by atoms with Crippen LogP contribution in [-0.2, 0) is 0 Å². The molecular weight excluding hydrogens is 254 g/mol. The maximum absolute atomic E-state index is 5.88. The van der Waals surface area contributed by atoms with Crippen molar-refractivity contribution < 1.29 is 4.74 Å². The number of methoxy groups -OCH3 is 1. The molecule has 0 amide bonds. The van der Waals surface area contributed by atoms with E-state index in [1.165, 1.54) is 0 Å². The Labute approximate surface area is 115 Å². The molecule has 100 valence electrons. The summed E-state index contributed by atoms with van der Waals surface area (Å²) >= 11 is 0. The Bertz CT molecular complexity index is 788. The van der Waals surface area contributed by atoms with Crippen molar-refractivity contribution in [2.24, 2.45) is 0 Å². The third-order valence-electron chi connectivity index (χ3n) is 3.07. The van der Waals surface area contributed by atoms with Crippen LogP contribution in [0.15, 0.2) is 36.5 Å². The summed E-state index contributed by atoms with van der Waals surface area (Å²) in [6, 6.07) is 9.37. The van der Waals surface area contributed by atoms with Crippen molar-refractivity contribution >= 4 is 22.4 Å². The lowest BCUT2D eigenvalue weighted by molar-refractivity contribution is 0.415. The molecule has 0 bridgehead atoms. The number of anilines is 2. The highest BCUT2D eigenvalue weighted by molar-refractivity contribution is 5.97. The van der Waals surface area contributed by atoms with Crippen LogP contribution in [0.3, 0.4) is 0 Å². The van der Waals surface area contributed by atoms with Crippen LogP contribution in [0.2, 0.25) is 0 Å². The highest BCUT2D eigenvalue weighted by atomic mass is 16.5. The minimum Gasteiger partial charge on any atom is -0.497 e. The predicted octanol–water partition coefficient (Wildman–Crippen LogP) is 1.86. The molecule has 0 unspecified atom stereocenters. The monoisotopic (exact) mass is 267 g/mol. The summed E-state index contributed by atoms with van der Waals surface area (Å²) in [5.41, 5.74) is 12.9. The molecule has 0 spiro atoms. The second-order valence-electron chi connectivity index (χ2n) is 4.31. The van der Waals surface area contributed by atoms with Crippen molar-refractivity contribution in [2.45, 2.75) is 0 Å². The summed E-state index contributed by atoms with van der Waals surface area (Å²) in [7, 11) is 1.62. The molecule has 3 aromatic rings. The molecule has 0 fully saturated rings. The molecule has 0 saturated carbocycles. The van der Waals surface area contributed by atoms with Gasteiger partial charge in [0.05, 0.1) is 12.8 Å². The van der Waals surface area contributed by atoms with Crippen molar-refractivity contribution in [2.75, 3.05) is 18.6 Å². The number of aromatic nitrogens is 3. The summed E-state index contributed by atoms with van der Waals surface area (Å²) in [5.74, 6) is 1.35. The third kappa shape index (κ3) is 1.97. The van der Waals surface area contributed by atoms with Crippen LogP contribution < -0.4 is 16.2 Å². The second-order valence-corrected chi connectivity index (χ2v) is 4.31. The normalized spacial score (nSPS) is 10.7. The van der Waals surface area contributed by atoms with Crippen LogP contribution in [0, 0.1) is 0 Å². The standard InChI is InChI=1S/C14H13N5O/c1-20-9-3-2-8-4-5-17-13(10(8)6-9)11-7-12(15)18-19-14(11)16/h2-7H,1H3,(H2,15,18)(H2,16,19). The first kappa shape index (κ1) is 12.2. The fourth-order valence-corrected chi connectivity index (χ4v) is 2.09. The summed E-state index contributed by atoms with van der Waals surface area (Å²) < 4.78 is 5.26. The number of hydrogen-bond acceptors (Lipinski definition) is 6. The Morgan fingerprint density at radius 2 is 1.90 bits per heavy atom. The summed E-state index contributed by atoms with van der Waals surface area (Å²) in [6.07, 6.45) is 1.72. The number of hydrogen-bond donors (Lipinski definition) is 2. The lowest BCUT2D eigenvalue weighted by atomic mass is 10.0. The first-order chi connectivity index (χ1) is 9.69. The summed E-state index contributed by atoms with van der Waals surface area (Å²) in [4.78, 5) is 4.40. The zero-order valence-corrected chi connectivity index (χ0v) is 10.9. The highest BCUT2D eigenvalue weighted by Gasteiger charge is 2.11. The van der Waals surface area contributed by atoms with Crippen LogP contribution in [0.25, 0.3) is 22.0 Å². The van der Waals surface area contributed by atoms with E-state index in [-0.39, 0.29) is 0 Å². The number of nitrogens with zero attached hydrogens (tertiary/aromatic N) is 3. The highest BCUT2D eigenvalue weighted by Crippen LogP contribution is 2.32. The van der Waals surface area contributed by atoms with E-state index in [0.29, 0.717) is 22.9 Å². The predicted molar refractivity (Wildman–Crippen MR) is 78.1 cm³/mol. The van der Waals surface area contributed by atoms with E-state index in [1.54, 1.807) is 19.4 Å². The molecule has 2 aromatic heterocycles. The van der Waals surface area contributed by atoms with E-state index in [9.17, 15) is 0 Å². The molecule has 0 aliphatic heterocycles. The molecule has 20 heavy (non-hydrogen) atoms. The number of nitrogens with two attached hydrogens (primary N) is 2. The number of ether oxygens (including phenoxy) is 1. The summed E-state index contributed by atoms with van der Waals surface area (Å²) in [6.45, 7) is 0. The average molecular weight is 267 g/mol. The molecule has 0 radical (unpaired) electrons. The van der Waals surface area contributed by atoms with Gasteiger partial charge in [-0.15, -0.1) is 10.2 Å².